The minimum atomic E-state index is -0.516. The van der Waals surface area contributed by atoms with E-state index in [2.05, 4.69) is 0 Å². The molecule has 0 spiro atoms. The molecule has 4 heteroatoms. The molecule has 0 saturated carbocycles. The summed E-state index contributed by atoms with van der Waals surface area (Å²) in [6, 6.07) is 12.0. The number of methoxy groups -OCH3 is 1. The molecule has 0 radical (unpaired) electrons. The van der Waals surface area contributed by atoms with E-state index >= 15 is 0 Å². The van der Waals surface area contributed by atoms with Gasteiger partial charge in [0.05, 0.1) is 13.2 Å². The summed E-state index contributed by atoms with van der Waals surface area (Å²) in [6.45, 7) is 2.02. The van der Waals surface area contributed by atoms with E-state index in [0.29, 0.717) is 11.3 Å². The molecule has 0 amide bonds. The number of nitrogens with two attached hydrogens (primary N) is 1. The number of ether oxygens (including phenoxy) is 1. The highest BCUT2D eigenvalue weighted by molar-refractivity contribution is 5.78. The molecule has 3 nitrogen and oxygen atoms in total. The first-order valence-electron chi connectivity index (χ1n) is 6.67. The second-order valence-corrected chi connectivity index (χ2v) is 5.06. The van der Waals surface area contributed by atoms with E-state index in [9.17, 15) is 4.39 Å². The maximum Gasteiger partial charge on any atom is 0.165 e. The van der Waals surface area contributed by atoms with Crippen LogP contribution in [0.25, 0.3) is 11.0 Å². The van der Waals surface area contributed by atoms with Crippen molar-refractivity contribution in [1.29, 1.82) is 0 Å². The van der Waals surface area contributed by atoms with Crippen LogP contribution in [0, 0.1) is 12.7 Å². The maximum absolute atomic E-state index is 13.8. The van der Waals surface area contributed by atoms with Crippen molar-refractivity contribution >= 4 is 11.0 Å². The van der Waals surface area contributed by atoms with Gasteiger partial charge in [0.1, 0.15) is 11.3 Å². The van der Waals surface area contributed by atoms with Gasteiger partial charge in [-0.25, -0.2) is 4.39 Å². The molecule has 3 rings (SSSR count). The van der Waals surface area contributed by atoms with Gasteiger partial charge in [-0.15, -0.1) is 0 Å². The number of halogens is 1. The highest BCUT2D eigenvalue weighted by Gasteiger charge is 2.16. The third-order valence-electron chi connectivity index (χ3n) is 3.53. The Kier molecular flexibility index (Phi) is 3.39. The summed E-state index contributed by atoms with van der Waals surface area (Å²) in [5.41, 5.74) is 8.75. The molecule has 0 fully saturated rings. The largest absolute Gasteiger partial charge is 0.494 e. The first-order valence-corrected chi connectivity index (χ1v) is 6.67. The van der Waals surface area contributed by atoms with Gasteiger partial charge in [-0.05, 0) is 42.8 Å². The standard InChI is InChI=1S/C17H16FNO2/c1-10-3-5-14-12(7-10)9-16(21-14)17(19)11-4-6-15(20-2)13(18)8-11/h3-9,17H,19H2,1-2H3. The van der Waals surface area contributed by atoms with Gasteiger partial charge in [-0.1, -0.05) is 17.7 Å². The first kappa shape index (κ1) is 13.6. The van der Waals surface area contributed by atoms with E-state index in [1.54, 1.807) is 12.1 Å². The number of hydrogen-bond donors (Lipinski definition) is 1. The van der Waals surface area contributed by atoms with Crippen LogP contribution in [0.4, 0.5) is 4.39 Å². The Morgan fingerprint density at radius 3 is 2.67 bits per heavy atom. The molecular formula is C17H16FNO2. The fourth-order valence-corrected chi connectivity index (χ4v) is 2.38. The highest BCUT2D eigenvalue weighted by atomic mass is 19.1. The molecule has 1 heterocycles. The van der Waals surface area contributed by atoms with Gasteiger partial charge in [0, 0.05) is 5.39 Å². The average Bonchev–Trinajstić information content (AvgIpc) is 2.89. The molecule has 0 aliphatic carbocycles. The molecule has 1 atom stereocenters. The lowest BCUT2D eigenvalue weighted by Crippen LogP contribution is -2.11. The fraction of sp³-hybridized carbons (Fsp3) is 0.176. The van der Waals surface area contributed by atoms with Crippen LogP contribution in [0.2, 0.25) is 0 Å². The lowest BCUT2D eigenvalue weighted by atomic mass is 10.0. The number of benzene rings is 2. The summed E-state index contributed by atoms with van der Waals surface area (Å²) in [4.78, 5) is 0. The van der Waals surface area contributed by atoms with Crippen molar-refractivity contribution in [3.05, 3.63) is 65.2 Å². The van der Waals surface area contributed by atoms with E-state index in [-0.39, 0.29) is 5.75 Å². The zero-order valence-corrected chi connectivity index (χ0v) is 11.9. The molecule has 2 aromatic carbocycles. The van der Waals surface area contributed by atoms with Gasteiger partial charge < -0.3 is 14.9 Å². The molecule has 108 valence electrons. The normalized spacial score (nSPS) is 12.6. The third kappa shape index (κ3) is 2.50. The Balaban J connectivity index is 1.99. The lowest BCUT2D eigenvalue weighted by Gasteiger charge is -2.10. The number of rotatable bonds is 3. The van der Waals surface area contributed by atoms with Crippen LogP contribution < -0.4 is 10.5 Å². The summed E-state index contributed by atoms with van der Waals surface area (Å²) in [6.07, 6.45) is 0. The third-order valence-corrected chi connectivity index (χ3v) is 3.53. The van der Waals surface area contributed by atoms with Crippen molar-refractivity contribution in [3.8, 4) is 5.75 Å². The summed E-state index contributed by atoms with van der Waals surface area (Å²) < 4.78 is 24.4. The highest BCUT2D eigenvalue weighted by Crippen LogP contribution is 2.29. The van der Waals surface area contributed by atoms with Crippen molar-refractivity contribution < 1.29 is 13.5 Å². The first-order chi connectivity index (χ1) is 10.1. The molecular weight excluding hydrogens is 269 g/mol. The summed E-state index contributed by atoms with van der Waals surface area (Å²) in [7, 11) is 1.43. The lowest BCUT2D eigenvalue weighted by molar-refractivity contribution is 0.386. The van der Waals surface area contributed by atoms with Crippen molar-refractivity contribution in [3.63, 3.8) is 0 Å². The van der Waals surface area contributed by atoms with Crippen molar-refractivity contribution in [1.82, 2.24) is 0 Å². The number of furan rings is 1. The number of aryl methyl sites for hydroxylation is 1. The predicted molar refractivity (Wildman–Crippen MR) is 79.9 cm³/mol. The molecule has 0 aliphatic rings. The monoisotopic (exact) mass is 285 g/mol. The molecule has 1 unspecified atom stereocenters. The maximum atomic E-state index is 13.8. The Bertz CT molecular complexity index is 795. The Morgan fingerprint density at radius 1 is 1.14 bits per heavy atom. The summed E-state index contributed by atoms with van der Waals surface area (Å²) in [5, 5.41) is 0.995. The summed E-state index contributed by atoms with van der Waals surface area (Å²) in [5.74, 6) is 0.378. The van der Waals surface area contributed by atoms with Crippen LogP contribution in [0.5, 0.6) is 5.75 Å². The minimum absolute atomic E-state index is 0.200. The van der Waals surface area contributed by atoms with E-state index in [0.717, 1.165) is 16.5 Å². The molecule has 21 heavy (non-hydrogen) atoms. The zero-order chi connectivity index (χ0) is 15.0. The van der Waals surface area contributed by atoms with Gasteiger partial charge in [0.25, 0.3) is 0 Å². The van der Waals surface area contributed by atoms with Crippen molar-refractivity contribution in [2.75, 3.05) is 7.11 Å². The second-order valence-electron chi connectivity index (χ2n) is 5.06. The van der Waals surface area contributed by atoms with Gasteiger partial charge >= 0.3 is 0 Å². The number of fused-ring (bicyclic) bond motifs is 1. The van der Waals surface area contributed by atoms with Crippen LogP contribution >= 0.6 is 0 Å². The van der Waals surface area contributed by atoms with E-state index in [1.165, 1.54) is 13.2 Å². The molecule has 0 saturated heterocycles. The van der Waals surface area contributed by atoms with E-state index in [1.807, 2.05) is 31.2 Å². The smallest absolute Gasteiger partial charge is 0.165 e. The molecule has 1 aromatic heterocycles. The average molecular weight is 285 g/mol. The molecule has 2 N–H and O–H groups in total. The fourth-order valence-electron chi connectivity index (χ4n) is 2.38. The predicted octanol–water partition coefficient (Wildman–Crippen LogP) is 3.94. The quantitative estimate of drug-likeness (QED) is 0.793. The van der Waals surface area contributed by atoms with Crippen LogP contribution in [0.1, 0.15) is 22.9 Å². The second kappa shape index (κ2) is 5.22. The van der Waals surface area contributed by atoms with E-state index < -0.39 is 11.9 Å². The topological polar surface area (TPSA) is 48.4 Å². The minimum Gasteiger partial charge on any atom is -0.494 e. The van der Waals surface area contributed by atoms with Crippen molar-refractivity contribution in [2.45, 2.75) is 13.0 Å². The Morgan fingerprint density at radius 2 is 1.95 bits per heavy atom. The molecule has 0 bridgehead atoms. The van der Waals surface area contributed by atoms with Gasteiger partial charge in [0.15, 0.2) is 11.6 Å². The zero-order valence-electron chi connectivity index (χ0n) is 11.9. The van der Waals surface area contributed by atoms with Crippen LogP contribution in [0.15, 0.2) is 46.9 Å². The molecule has 3 aromatic rings. The van der Waals surface area contributed by atoms with Crippen LogP contribution in [0.3, 0.4) is 0 Å². The summed E-state index contributed by atoms with van der Waals surface area (Å²) >= 11 is 0. The number of hydrogen-bond acceptors (Lipinski definition) is 3. The molecule has 0 aliphatic heterocycles. The SMILES string of the molecule is COc1ccc(C(N)c2cc3cc(C)ccc3o2)cc1F. The van der Waals surface area contributed by atoms with E-state index in [4.69, 9.17) is 14.9 Å². The van der Waals surface area contributed by atoms with Crippen LogP contribution in [-0.4, -0.2) is 7.11 Å². The Hall–Kier alpha value is -2.33. The van der Waals surface area contributed by atoms with Gasteiger partial charge in [-0.3, -0.25) is 0 Å². The van der Waals surface area contributed by atoms with Gasteiger partial charge in [0.2, 0.25) is 0 Å². The van der Waals surface area contributed by atoms with Gasteiger partial charge in [-0.2, -0.15) is 0 Å². The Labute approximate surface area is 122 Å². The van der Waals surface area contributed by atoms with Crippen LogP contribution in [-0.2, 0) is 0 Å². The van der Waals surface area contributed by atoms with Crippen molar-refractivity contribution in [2.24, 2.45) is 5.73 Å².